The first-order valence-corrected chi connectivity index (χ1v) is 8.52. The van der Waals surface area contributed by atoms with Crippen LogP contribution in [0.5, 0.6) is 0 Å². The van der Waals surface area contributed by atoms with Crippen LogP contribution in [0.4, 0.5) is 8.78 Å². The third-order valence-corrected chi connectivity index (χ3v) is 4.80. The summed E-state index contributed by atoms with van der Waals surface area (Å²) in [4.78, 5) is 12.1. The van der Waals surface area contributed by atoms with Crippen molar-refractivity contribution in [3.05, 3.63) is 65.2 Å². The highest BCUT2D eigenvalue weighted by molar-refractivity contribution is 7.99. The molecule has 25 heavy (non-hydrogen) atoms. The summed E-state index contributed by atoms with van der Waals surface area (Å²) in [6.45, 7) is 1.98. The Balaban J connectivity index is 1.78. The smallest absolute Gasteiger partial charge is 0.191 e. The number of aryl methyl sites for hydroxylation is 1. The predicted octanol–water partition coefficient (Wildman–Crippen LogP) is 4.04. The molecule has 0 unspecified atom stereocenters. The molecule has 0 atom stereocenters. The van der Waals surface area contributed by atoms with Gasteiger partial charge in [-0.05, 0) is 30.7 Å². The Morgan fingerprint density at radius 1 is 1.16 bits per heavy atom. The number of ketones is 1. The molecule has 0 aliphatic carbocycles. The third-order valence-electron chi connectivity index (χ3n) is 3.78. The van der Waals surface area contributed by atoms with Crippen LogP contribution in [-0.4, -0.2) is 26.3 Å². The molecule has 0 fully saturated rings. The van der Waals surface area contributed by atoms with Crippen molar-refractivity contribution >= 4 is 17.5 Å². The maximum Gasteiger partial charge on any atom is 0.191 e. The number of halogens is 2. The maximum absolute atomic E-state index is 13.7. The number of rotatable bonds is 5. The van der Waals surface area contributed by atoms with Crippen molar-refractivity contribution in [2.75, 3.05) is 5.75 Å². The number of Topliss-reactive ketones (excluding diaryl/α,β-unsaturated/α-hetero) is 1. The van der Waals surface area contributed by atoms with Crippen molar-refractivity contribution in [1.29, 1.82) is 0 Å². The van der Waals surface area contributed by atoms with Crippen LogP contribution < -0.4 is 0 Å². The molecule has 2 aromatic carbocycles. The van der Waals surface area contributed by atoms with E-state index in [2.05, 4.69) is 10.2 Å². The molecule has 0 radical (unpaired) electrons. The molecule has 4 nitrogen and oxygen atoms in total. The number of carbonyl (C=O) groups is 1. The van der Waals surface area contributed by atoms with Gasteiger partial charge >= 0.3 is 0 Å². The van der Waals surface area contributed by atoms with Crippen LogP contribution in [-0.2, 0) is 7.05 Å². The first-order chi connectivity index (χ1) is 12.0. The second kappa shape index (κ2) is 7.14. The molecule has 0 amide bonds. The van der Waals surface area contributed by atoms with Crippen LogP contribution in [0.15, 0.2) is 47.6 Å². The van der Waals surface area contributed by atoms with Crippen molar-refractivity contribution in [2.24, 2.45) is 7.05 Å². The Labute approximate surface area is 147 Å². The lowest BCUT2D eigenvalue weighted by Crippen LogP contribution is -2.07. The summed E-state index contributed by atoms with van der Waals surface area (Å²) in [6.07, 6.45) is 0. The average molecular weight is 359 g/mol. The molecule has 1 aromatic heterocycles. The Hall–Kier alpha value is -2.54. The minimum atomic E-state index is -0.731. The molecule has 0 aliphatic rings. The Kier molecular flexibility index (Phi) is 4.94. The monoisotopic (exact) mass is 359 g/mol. The predicted molar refractivity (Wildman–Crippen MR) is 92.6 cm³/mol. The van der Waals surface area contributed by atoms with Crippen LogP contribution in [0.2, 0.25) is 0 Å². The summed E-state index contributed by atoms with van der Waals surface area (Å²) >= 11 is 1.14. The van der Waals surface area contributed by atoms with Gasteiger partial charge in [0.05, 0.1) is 11.3 Å². The normalized spacial score (nSPS) is 10.9. The lowest BCUT2D eigenvalue weighted by Gasteiger charge is -2.06. The molecule has 0 saturated carbocycles. The zero-order chi connectivity index (χ0) is 18.0. The fraction of sp³-hybridized carbons (Fsp3) is 0.167. The van der Waals surface area contributed by atoms with Crippen molar-refractivity contribution in [3.63, 3.8) is 0 Å². The van der Waals surface area contributed by atoms with E-state index in [9.17, 15) is 13.6 Å². The van der Waals surface area contributed by atoms with E-state index in [1.54, 1.807) is 11.6 Å². The highest BCUT2D eigenvalue weighted by Crippen LogP contribution is 2.25. The molecule has 0 N–H and O–H groups in total. The molecule has 0 aliphatic heterocycles. The van der Waals surface area contributed by atoms with E-state index >= 15 is 0 Å². The Morgan fingerprint density at radius 2 is 1.92 bits per heavy atom. The summed E-state index contributed by atoms with van der Waals surface area (Å²) in [5, 5.41) is 8.80. The molecular formula is C18H15F2N3OS. The van der Waals surface area contributed by atoms with Gasteiger partial charge < -0.3 is 4.57 Å². The summed E-state index contributed by atoms with van der Waals surface area (Å²) in [7, 11) is 1.80. The highest BCUT2D eigenvalue weighted by Gasteiger charge is 2.17. The first kappa shape index (κ1) is 17.3. The number of nitrogens with zero attached hydrogens (tertiary/aromatic N) is 3. The highest BCUT2D eigenvalue weighted by atomic mass is 32.2. The minimum absolute atomic E-state index is 0.0554. The van der Waals surface area contributed by atoms with E-state index in [-0.39, 0.29) is 11.3 Å². The van der Waals surface area contributed by atoms with Gasteiger partial charge in [0.15, 0.2) is 16.8 Å². The van der Waals surface area contributed by atoms with Crippen molar-refractivity contribution in [2.45, 2.75) is 12.1 Å². The second-order valence-electron chi connectivity index (χ2n) is 5.52. The number of benzene rings is 2. The molecule has 7 heteroatoms. The van der Waals surface area contributed by atoms with Crippen LogP contribution >= 0.6 is 11.8 Å². The average Bonchev–Trinajstić information content (AvgIpc) is 2.96. The van der Waals surface area contributed by atoms with Gasteiger partial charge in [-0.2, -0.15) is 0 Å². The zero-order valence-corrected chi connectivity index (χ0v) is 14.5. The Morgan fingerprint density at radius 3 is 2.68 bits per heavy atom. The lowest BCUT2D eigenvalue weighted by atomic mass is 10.1. The SMILES string of the molecule is Cc1ccccc1-c1nnc(SCC(=O)c2cc(F)ccc2F)n1C. The molecule has 3 rings (SSSR count). The molecule has 0 bridgehead atoms. The van der Waals surface area contributed by atoms with E-state index in [0.717, 1.165) is 41.1 Å². The van der Waals surface area contributed by atoms with Gasteiger partial charge in [-0.1, -0.05) is 36.0 Å². The lowest BCUT2D eigenvalue weighted by molar-refractivity contribution is 0.101. The number of hydrogen-bond acceptors (Lipinski definition) is 4. The molecule has 0 spiro atoms. The topological polar surface area (TPSA) is 47.8 Å². The van der Waals surface area contributed by atoms with E-state index in [4.69, 9.17) is 0 Å². The van der Waals surface area contributed by atoms with E-state index in [1.807, 2.05) is 31.2 Å². The zero-order valence-electron chi connectivity index (χ0n) is 13.7. The van der Waals surface area contributed by atoms with Crippen LogP contribution in [0.1, 0.15) is 15.9 Å². The standard InChI is InChI=1S/C18H15F2N3OS/c1-11-5-3-4-6-13(11)17-21-22-18(23(17)2)25-10-16(24)14-9-12(19)7-8-15(14)20/h3-9H,10H2,1-2H3. The quantitative estimate of drug-likeness (QED) is 0.509. The first-order valence-electron chi connectivity index (χ1n) is 7.54. The van der Waals surface area contributed by atoms with Crippen molar-refractivity contribution < 1.29 is 13.6 Å². The van der Waals surface area contributed by atoms with Crippen molar-refractivity contribution in [1.82, 2.24) is 14.8 Å². The van der Waals surface area contributed by atoms with Gasteiger partial charge in [0.25, 0.3) is 0 Å². The molecule has 128 valence electrons. The van der Waals surface area contributed by atoms with Gasteiger partial charge in [-0.3, -0.25) is 4.79 Å². The summed E-state index contributed by atoms with van der Waals surface area (Å²) < 4.78 is 28.7. The van der Waals surface area contributed by atoms with Gasteiger partial charge in [0.1, 0.15) is 11.6 Å². The van der Waals surface area contributed by atoms with E-state index < -0.39 is 17.4 Å². The number of hydrogen-bond donors (Lipinski definition) is 0. The van der Waals surface area contributed by atoms with E-state index in [1.165, 1.54) is 0 Å². The fourth-order valence-electron chi connectivity index (χ4n) is 2.42. The minimum Gasteiger partial charge on any atom is -0.305 e. The van der Waals surface area contributed by atoms with Crippen LogP contribution in [0.25, 0.3) is 11.4 Å². The van der Waals surface area contributed by atoms with Crippen LogP contribution in [0, 0.1) is 18.6 Å². The Bertz CT molecular complexity index is 940. The third kappa shape index (κ3) is 3.61. The molecule has 1 heterocycles. The second-order valence-corrected chi connectivity index (χ2v) is 6.46. The largest absolute Gasteiger partial charge is 0.305 e. The molecule has 0 saturated heterocycles. The number of carbonyl (C=O) groups excluding carboxylic acids is 1. The molecular weight excluding hydrogens is 344 g/mol. The number of thioether (sulfide) groups is 1. The molecule has 3 aromatic rings. The maximum atomic E-state index is 13.7. The van der Waals surface area contributed by atoms with Crippen molar-refractivity contribution in [3.8, 4) is 11.4 Å². The summed E-state index contributed by atoms with van der Waals surface area (Å²) in [5.41, 5.74) is 1.76. The number of aromatic nitrogens is 3. The van der Waals surface area contributed by atoms with E-state index in [0.29, 0.717) is 11.0 Å². The summed E-state index contributed by atoms with van der Waals surface area (Å²) in [5.74, 6) is -1.24. The van der Waals surface area contributed by atoms with Crippen LogP contribution in [0.3, 0.4) is 0 Å². The van der Waals surface area contributed by atoms with Gasteiger partial charge in [-0.25, -0.2) is 8.78 Å². The van der Waals surface area contributed by atoms with Gasteiger partial charge in [0.2, 0.25) is 0 Å². The van der Waals surface area contributed by atoms with Gasteiger partial charge in [0, 0.05) is 12.6 Å². The fourth-order valence-corrected chi connectivity index (χ4v) is 3.21. The van der Waals surface area contributed by atoms with Gasteiger partial charge in [-0.15, -0.1) is 10.2 Å². The summed E-state index contributed by atoms with van der Waals surface area (Å²) in [6, 6.07) is 10.6.